The number of nitrogens with zero attached hydrogens (tertiary/aromatic N) is 2. The van der Waals surface area contributed by atoms with Crippen LogP contribution >= 0.6 is 11.8 Å². The first kappa shape index (κ1) is 20.1. The van der Waals surface area contributed by atoms with Gasteiger partial charge >= 0.3 is 0 Å². The van der Waals surface area contributed by atoms with Crippen LogP contribution in [0.4, 0.5) is 0 Å². The molecule has 1 aromatic carbocycles. The Morgan fingerprint density at radius 1 is 1.04 bits per heavy atom. The number of hydrogen-bond acceptors (Lipinski definition) is 5. The molecule has 2 heterocycles. The quantitative estimate of drug-likeness (QED) is 0.672. The maximum Gasteiger partial charge on any atom is 0.267 e. The van der Waals surface area contributed by atoms with Crippen molar-refractivity contribution in [1.29, 1.82) is 0 Å². The molecule has 0 atom stereocenters. The number of carbonyl (C=O) groups excluding carboxylic acids is 2. The molecule has 1 fully saturated rings. The molecule has 2 amide bonds. The van der Waals surface area contributed by atoms with Gasteiger partial charge < -0.3 is 4.74 Å². The second-order valence-electron chi connectivity index (χ2n) is 7.31. The van der Waals surface area contributed by atoms with Gasteiger partial charge in [0.2, 0.25) is 0 Å². The van der Waals surface area contributed by atoms with E-state index in [0.717, 1.165) is 50.4 Å². The van der Waals surface area contributed by atoms with Crippen LogP contribution in [0.1, 0.15) is 31.4 Å². The van der Waals surface area contributed by atoms with Crippen molar-refractivity contribution in [1.82, 2.24) is 9.80 Å². The normalized spacial score (nSPS) is 18.9. The summed E-state index contributed by atoms with van der Waals surface area (Å²) in [5.74, 6) is -0.301. The molecule has 3 rings (SSSR count). The van der Waals surface area contributed by atoms with Crippen molar-refractivity contribution in [3.8, 4) is 0 Å². The molecule has 0 N–H and O–H groups in total. The molecule has 6 heteroatoms. The predicted octanol–water partition coefficient (Wildman–Crippen LogP) is 2.94. The zero-order valence-electron chi connectivity index (χ0n) is 16.4. The molecule has 0 radical (unpaired) electrons. The van der Waals surface area contributed by atoms with E-state index < -0.39 is 0 Å². The van der Waals surface area contributed by atoms with E-state index in [1.807, 2.05) is 45.0 Å². The smallest absolute Gasteiger partial charge is 0.267 e. The Morgan fingerprint density at radius 3 is 2.33 bits per heavy atom. The summed E-state index contributed by atoms with van der Waals surface area (Å²) in [4.78, 5) is 30.4. The van der Waals surface area contributed by atoms with Crippen molar-refractivity contribution in [3.63, 3.8) is 0 Å². The zero-order chi connectivity index (χ0) is 19.4. The molecule has 1 saturated heterocycles. The van der Waals surface area contributed by atoms with Gasteiger partial charge in [-0.1, -0.05) is 43.7 Å². The van der Waals surface area contributed by atoms with Crippen LogP contribution < -0.4 is 0 Å². The van der Waals surface area contributed by atoms with Crippen LogP contribution in [0.15, 0.2) is 29.2 Å². The van der Waals surface area contributed by atoms with E-state index in [4.69, 9.17) is 4.74 Å². The van der Waals surface area contributed by atoms with Gasteiger partial charge in [-0.3, -0.25) is 19.4 Å². The molecule has 0 aliphatic carbocycles. The number of hydrogen-bond donors (Lipinski definition) is 0. The fourth-order valence-electron chi connectivity index (χ4n) is 3.35. The van der Waals surface area contributed by atoms with Crippen molar-refractivity contribution >= 4 is 29.1 Å². The van der Waals surface area contributed by atoms with Crippen molar-refractivity contribution in [2.75, 3.05) is 39.4 Å². The van der Waals surface area contributed by atoms with Crippen molar-refractivity contribution in [3.05, 3.63) is 40.3 Å². The highest BCUT2D eigenvalue weighted by Crippen LogP contribution is 2.37. The highest BCUT2D eigenvalue weighted by atomic mass is 32.2. The average Bonchev–Trinajstić information content (AvgIpc) is 2.87. The number of morpholine rings is 1. The number of rotatable bonds is 7. The highest BCUT2D eigenvalue weighted by molar-refractivity contribution is 8.04. The molecule has 0 aromatic heterocycles. The fraction of sp³-hybridized carbons (Fsp3) is 0.524. The largest absolute Gasteiger partial charge is 0.379 e. The van der Waals surface area contributed by atoms with Gasteiger partial charge in [-0.2, -0.15) is 0 Å². The third-order valence-corrected chi connectivity index (χ3v) is 5.86. The number of imide groups is 1. The molecule has 27 heavy (non-hydrogen) atoms. The van der Waals surface area contributed by atoms with E-state index in [9.17, 15) is 9.59 Å². The SMILES string of the molecule is Cc1ccc(C2=C(SC(C)C)C(=O)N(CCCN3CCOCC3)C2=O)cc1. The molecule has 146 valence electrons. The summed E-state index contributed by atoms with van der Waals surface area (Å²) in [6.45, 7) is 10.8. The monoisotopic (exact) mass is 388 g/mol. The summed E-state index contributed by atoms with van der Waals surface area (Å²) in [6, 6.07) is 7.85. The van der Waals surface area contributed by atoms with E-state index in [0.29, 0.717) is 17.0 Å². The molecule has 5 nitrogen and oxygen atoms in total. The maximum absolute atomic E-state index is 13.1. The number of benzene rings is 1. The summed E-state index contributed by atoms with van der Waals surface area (Å²) >= 11 is 1.49. The van der Waals surface area contributed by atoms with Gasteiger partial charge in [-0.25, -0.2) is 0 Å². The fourth-order valence-corrected chi connectivity index (χ4v) is 4.36. The number of ether oxygens (including phenoxy) is 1. The van der Waals surface area contributed by atoms with Gasteiger partial charge in [0, 0.05) is 31.4 Å². The Hall–Kier alpha value is -1.63. The minimum absolute atomic E-state index is 0.142. The Morgan fingerprint density at radius 2 is 1.70 bits per heavy atom. The average molecular weight is 389 g/mol. The molecule has 2 aliphatic heterocycles. The first-order valence-electron chi connectivity index (χ1n) is 9.61. The first-order valence-corrected chi connectivity index (χ1v) is 10.5. The van der Waals surface area contributed by atoms with Gasteiger partial charge in [-0.05, 0) is 18.9 Å². The summed E-state index contributed by atoms with van der Waals surface area (Å²) in [5, 5.41) is 0.241. The van der Waals surface area contributed by atoms with Crippen LogP contribution in [0, 0.1) is 6.92 Å². The number of amides is 2. The van der Waals surface area contributed by atoms with E-state index in [1.54, 1.807) is 0 Å². The predicted molar refractivity (Wildman–Crippen MR) is 109 cm³/mol. The molecule has 0 saturated carbocycles. The third kappa shape index (κ3) is 4.81. The summed E-state index contributed by atoms with van der Waals surface area (Å²) in [7, 11) is 0. The van der Waals surface area contributed by atoms with E-state index >= 15 is 0 Å². The van der Waals surface area contributed by atoms with Crippen molar-refractivity contribution < 1.29 is 14.3 Å². The Kier molecular flexibility index (Phi) is 6.73. The van der Waals surface area contributed by atoms with Crippen LogP contribution in [0.3, 0.4) is 0 Å². The first-order chi connectivity index (χ1) is 13.0. The summed E-state index contributed by atoms with van der Waals surface area (Å²) in [6.07, 6.45) is 0.790. The summed E-state index contributed by atoms with van der Waals surface area (Å²) < 4.78 is 5.37. The van der Waals surface area contributed by atoms with Gasteiger partial charge in [0.05, 0.1) is 23.7 Å². The third-order valence-electron chi connectivity index (χ3n) is 4.78. The molecule has 2 aliphatic rings. The highest BCUT2D eigenvalue weighted by Gasteiger charge is 2.39. The number of thioether (sulfide) groups is 1. The van der Waals surface area contributed by atoms with Crippen LogP contribution in [-0.4, -0.2) is 66.3 Å². The van der Waals surface area contributed by atoms with E-state index in [2.05, 4.69) is 4.90 Å². The Bertz CT molecular complexity index is 721. The lowest BCUT2D eigenvalue weighted by molar-refractivity contribution is -0.136. The van der Waals surface area contributed by atoms with Gasteiger partial charge in [0.1, 0.15) is 0 Å². The van der Waals surface area contributed by atoms with Crippen molar-refractivity contribution in [2.45, 2.75) is 32.4 Å². The topological polar surface area (TPSA) is 49.9 Å². The standard InChI is InChI=1S/C21H28N2O3S/c1-15(2)27-19-18(17-7-5-16(3)6-8-17)20(24)23(21(19)25)10-4-9-22-11-13-26-14-12-22/h5-8,15H,4,9-14H2,1-3H3. The molecular formula is C21H28N2O3S. The molecular weight excluding hydrogens is 360 g/mol. The Balaban J connectivity index is 1.73. The second kappa shape index (κ2) is 9.04. The zero-order valence-corrected chi connectivity index (χ0v) is 17.2. The van der Waals surface area contributed by atoms with Gasteiger partial charge in [0.25, 0.3) is 11.8 Å². The molecule has 0 bridgehead atoms. The van der Waals surface area contributed by atoms with Gasteiger partial charge in [-0.15, -0.1) is 11.8 Å². The minimum atomic E-state index is -0.158. The molecule has 1 aromatic rings. The lowest BCUT2D eigenvalue weighted by Crippen LogP contribution is -2.39. The molecule has 0 unspecified atom stereocenters. The lowest BCUT2D eigenvalue weighted by Gasteiger charge is -2.27. The lowest BCUT2D eigenvalue weighted by atomic mass is 10.0. The van der Waals surface area contributed by atoms with Crippen LogP contribution in [-0.2, 0) is 14.3 Å². The maximum atomic E-state index is 13.1. The van der Waals surface area contributed by atoms with Crippen LogP contribution in [0.25, 0.3) is 5.57 Å². The van der Waals surface area contributed by atoms with Gasteiger partial charge in [0.15, 0.2) is 0 Å². The van der Waals surface area contributed by atoms with Crippen molar-refractivity contribution in [2.24, 2.45) is 0 Å². The van der Waals surface area contributed by atoms with Crippen LogP contribution in [0.5, 0.6) is 0 Å². The summed E-state index contributed by atoms with van der Waals surface area (Å²) in [5.41, 5.74) is 2.53. The van der Waals surface area contributed by atoms with E-state index in [-0.39, 0.29) is 17.1 Å². The molecule has 0 spiro atoms. The second-order valence-corrected chi connectivity index (χ2v) is 8.89. The number of carbonyl (C=O) groups is 2. The van der Waals surface area contributed by atoms with Crippen LogP contribution in [0.2, 0.25) is 0 Å². The minimum Gasteiger partial charge on any atom is -0.379 e. The number of aryl methyl sites for hydroxylation is 1. The Labute approximate surface area is 165 Å². The van der Waals surface area contributed by atoms with E-state index in [1.165, 1.54) is 16.7 Å².